The standard InChI is InChI=1S/C30H21FN.2C24H17FN.2C5H8O2.3Ir/c1-30(2)26-11-7-6-10-22(26)23-14-12-20(16-27(23)30)29-18-24(19-8-4-3-5-9-19)25-17-21(31)13-15-28(25)32-29;1-24(2)19-9-5-3-7-16(19)17-12-11-15(13-20(17)24)23-14-21(25)18-8-4-6-10-22(18)26-23;1-24(2)19-7-4-3-6-16(19)17-11-10-15(14-20(17)24)22-13-12-18-21(25)8-5-9-23(18)26-22;2*1-4(6)3-5(2)7;;;/h3-11,13-18H,1-2H3;3-10,12-14H,1-2H3;3-9,11-14H,1-2H3;2*3,6H,1-2H3;;;/q3*-1;;;;;. The minimum Gasteiger partial charge on any atom is -0.512 e. The Labute approximate surface area is 628 Å². The molecule has 0 fully saturated rings. The second-order valence-electron chi connectivity index (χ2n) is 26.4. The van der Waals surface area contributed by atoms with Crippen LogP contribution in [-0.4, -0.2) is 36.7 Å². The molecule has 0 bridgehead atoms. The van der Waals surface area contributed by atoms with Crippen molar-refractivity contribution in [3.63, 3.8) is 0 Å². The van der Waals surface area contributed by atoms with Gasteiger partial charge in [-0.3, -0.25) is 24.5 Å². The number of rotatable bonds is 6. The zero-order valence-electron chi connectivity index (χ0n) is 57.2. The van der Waals surface area contributed by atoms with Crippen molar-refractivity contribution in [2.75, 3.05) is 0 Å². The molecule has 0 atom stereocenters. The molecule has 7 nitrogen and oxygen atoms in total. The van der Waals surface area contributed by atoms with Gasteiger partial charge < -0.3 is 10.2 Å². The number of fused-ring (bicyclic) bond motifs is 12. The fourth-order valence-electron chi connectivity index (χ4n) is 13.7. The summed E-state index contributed by atoms with van der Waals surface area (Å²) in [5.41, 5.74) is 24.2. The number of ketones is 2. The fourth-order valence-corrected chi connectivity index (χ4v) is 13.7. The number of benzene rings is 10. The number of hydrogen-bond donors (Lipinski definition) is 2. The van der Waals surface area contributed by atoms with Crippen LogP contribution in [0.2, 0.25) is 0 Å². The van der Waals surface area contributed by atoms with E-state index in [9.17, 15) is 22.8 Å². The van der Waals surface area contributed by atoms with E-state index in [0.29, 0.717) is 27.5 Å². The van der Waals surface area contributed by atoms with Gasteiger partial charge in [0.15, 0.2) is 11.6 Å². The fraction of sp³-hybridized carbons (Fsp3) is 0.148. The summed E-state index contributed by atoms with van der Waals surface area (Å²) in [6.45, 7) is 19.2. The van der Waals surface area contributed by atoms with Crippen molar-refractivity contribution in [2.45, 2.75) is 85.5 Å². The molecule has 3 aromatic heterocycles. The maximum absolute atomic E-state index is 14.5. The summed E-state index contributed by atoms with van der Waals surface area (Å²) in [5, 5.41) is 18.6. The van der Waals surface area contributed by atoms with Crippen molar-refractivity contribution in [3.05, 3.63) is 317 Å². The molecule has 0 saturated heterocycles. The van der Waals surface area contributed by atoms with Crippen LogP contribution in [0.15, 0.2) is 248 Å². The first-order valence-corrected chi connectivity index (χ1v) is 32.4. The summed E-state index contributed by atoms with van der Waals surface area (Å²) in [5.74, 6) is -0.869. The number of pyridine rings is 3. The van der Waals surface area contributed by atoms with E-state index in [4.69, 9.17) is 15.2 Å². The van der Waals surface area contributed by atoms with Crippen molar-refractivity contribution >= 4 is 44.3 Å². The van der Waals surface area contributed by atoms with Crippen molar-refractivity contribution < 1.29 is 93.3 Å². The van der Waals surface area contributed by atoms with Gasteiger partial charge in [-0.1, -0.05) is 214 Å². The van der Waals surface area contributed by atoms with Crippen LogP contribution in [0, 0.1) is 35.7 Å². The zero-order valence-corrected chi connectivity index (χ0v) is 64.4. The Kier molecular flexibility index (Phi) is 23.4. The average molecular weight is 1870 g/mol. The van der Waals surface area contributed by atoms with Crippen LogP contribution in [0.4, 0.5) is 13.2 Å². The van der Waals surface area contributed by atoms with E-state index < -0.39 is 0 Å². The molecule has 0 spiro atoms. The van der Waals surface area contributed by atoms with Crippen LogP contribution in [0.1, 0.15) is 103 Å². The molecule has 513 valence electrons. The minimum absolute atomic E-state index is 0. The van der Waals surface area contributed by atoms with Crippen LogP contribution < -0.4 is 0 Å². The van der Waals surface area contributed by atoms with Crippen molar-refractivity contribution in [1.82, 2.24) is 15.0 Å². The minimum atomic E-state index is -0.257. The Balaban J connectivity index is 0.000000160. The van der Waals surface area contributed by atoms with E-state index in [1.54, 1.807) is 30.3 Å². The Morgan fingerprint density at radius 3 is 1.20 bits per heavy atom. The van der Waals surface area contributed by atoms with Crippen LogP contribution in [-0.2, 0) is 86.2 Å². The summed E-state index contributed by atoms with van der Waals surface area (Å²) in [6.07, 6.45) is 2.33. The summed E-state index contributed by atoms with van der Waals surface area (Å²) in [7, 11) is 0. The molecule has 0 amide bonds. The molecule has 13 aromatic rings. The second-order valence-corrected chi connectivity index (χ2v) is 26.4. The molecule has 10 aromatic carbocycles. The SMILES string of the molecule is CC(=O)C=C(C)O.CC(=O)C=C(C)O.CC1(C)c2ccccc2-c2c[c-]c(-c3cc(-c4ccccc4)c4cc(F)ccc4n3)cc21.CC1(C)c2ccccc2-c2c[c-]c(-c3cc(F)c4ccccc4n3)cc21.CC1(C)c2ccccc2-c2c[c-]c(-c3ccc4c(F)cccc4n3)cc21.[Ir].[Ir].[Ir]. The van der Waals surface area contributed by atoms with Gasteiger partial charge in [-0.25, -0.2) is 13.2 Å². The maximum atomic E-state index is 14.5. The van der Waals surface area contributed by atoms with Crippen molar-refractivity contribution in [2.24, 2.45) is 0 Å². The molecule has 3 aliphatic rings. The Hall–Kier alpha value is -9.41. The molecule has 3 aliphatic carbocycles. The van der Waals surface area contributed by atoms with Crippen LogP contribution >= 0.6 is 0 Å². The van der Waals surface area contributed by atoms with Gasteiger partial charge in [0.05, 0.1) is 28.1 Å². The van der Waals surface area contributed by atoms with Crippen LogP contribution in [0.5, 0.6) is 0 Å². The number of aliphatic hydroxyl groups is 2. The predicted octanol–water partition coefficient (Wildman–Crippen LogP) is 22.2. The Bertz CT molecular complexity index is 5330. The number of carbonyl (C=O) groups is 2. The largest absolute Gasteiger partial charge is 0.512 e. The first-order chi connectivity index (χ1) is 46.9. The second kappa shape index (κ2) is 31.2. The third kappa shape index (κ3) is 15.6. The number of carbonyl (C=O) groups excluding carboxylic acids is 2. The normalized spacial score (nSPS) is 13.3. The van der Waals surface area contributed by atoms with Gasteiger partial charge in [-0.15, -0.1) is 88.0 Å². The summed E-state index contributed by atoms with van der Waals surface area (Å²) in [4.78, 5) is 34.2. The van der Waals surface area contributed by atoms with Gasteiger partial charge in [-0.2, -0.15) is 0 Å². The number of para-hydroxylation sites is 1. The molecular weight excluding hydrogens is 1800 g/mol. The molecular formula is C88H71F3Ir3N3O4-3. The van der Waals surface area contributed by atoms with Gasteiger partial charge in [0, 0.05) is 88.6 Å². The summed E-state index contributed by atoms with van der Waals surface area (Å²) in [6, 6.07) is 83.0. The zero-order chi connectivity index (χ0) is 69.4. The maximum Gasteiger partial charge on any atom is 0.155 e. The first kappa shape index (κ1) is 75.8. The van der Waals surface area contributed by atoms with E-state index in [-0.39, 0.29) is 117 Å². The van der Waals surface area contributed by atoms with Crippen molar-refractivity contribution in [3.8, 4) is 78.3 Å². The molecule has 0 unspecified atom stereocenters. The summed E-state index contributed by atoms with van der Waals surface area (Å²) >= 11 is 0. The molecule has 0 aliphatic heterocycles. The molecule has 0 saturated carbocycles. The van der Waals surface area contributed by atoms with Gasteiger partial charge >= 0.3 is 0 Å². The number of allylic oxidation sites excluding steroid dienone is 4. The number of nitrogens with zero attached hydrogens (tertiary/aromatic N) is 3. The third-order valence-corrected chi connectivity index (χ3v) is 18.4. The van der Waals surface area contributed by atoms with E-state index >= 15 is 0 Å². The first-order valence-electron chi connectivity index (χ1n) is 32.4. The van der Waals surface area contributed by atoms with Crippen molar-refractivity contribution in [1.29, 1.82) is 0 Å². The Morgan fingerprint density at radius 1 is 0.356 bits per heavy atom. The predicted molar refractivity (Wildman–Crippen MR) is 390 cm³/mol. The monoisotopic (exact) mass is 1870 g/mol. The quantitative estimate of drug-likeness (QED) is 0.0968. The molecule has 16 rings (SSSR count). The van der Waals surface area contributed by atoms with E-state index in [1.807, 2.05) is 54.6 Å². The smallest absolute Gasteiger partial charge is 0.155 e. The topological polar surface area (TPSA) is 113 Å². The summed E-state index contributed by atoms with van der Waals surface area (Å²) < 4.78 is 42.5. The molecule has 13 heteroatoms. The molecule has 101 heavy (non-hydrogen) atoms. The van der Waals surface area contributed by atoms with E-state index in [1.165, 1.54) is 125 Å². The number of aliphatic hydroxyl groups excluding tert-OH is 2. The van der Waals surface area contributed by atoms with Gasteiger partial charge in [-0.05, 0) is 137 Å². The van der Waals surface area contributed by atoms with Gasteiger partial charge in [0.25, 0.3) is 0 Å². The van der Waals surface area contributed by atoms with Gasteiger partial charge in [0.2, 0.25) is 0 Å². The van der Waals surface area contributed by atoms with E-state index in [0.717, 1.165) is 50.1 Å². The number of halogens is 3. The Morgan fingerprint density at radius 2 is 0.743 bits per heavy atom. The van der Waals surface area contributed by atoms with Crippen LogP contribution in [0.25, 0.3) is 111 Å². The molecule has 2 N–H and O–H groups in total. The number of aromatic nitrogens is 3. The van der Waals surface area contributed by atoms with E-state index in [2.05, 4.69) is 191 Å². The molecule has 3 heterocycles. The number of hydrogen-bond acceptors (Lipinski definition) is 7. The molecule has 3 radical (unpaired) electrons. The third-order valence-electron chi connectivity index (χ3n) is 18.4. The average Bonchev–Trinajstić information content (AvgIpc) is 1.60. The van der Waals surface area contributed by atoms with Crippen LogP contribution in [0.3, 0.4) is 0 Å². The van der Waals surface area contributed by atoms with Gasteiger partial charge in [0.1, 0.15) is 17.5 Å².